The van der Waals surface area contributed by atoms with Crippen LogP contribution < -0.4 is 5.32 Å². The number of hydroxylamine groups is 2. The molecule has 1 aliphatic rings. The smallest absolute Gasteiger partial charge is 0.270 e. The van der Waals surface area contributed by atoms with Gasteiger partial charge in [-0.3, -0.25) is 24.5 Å². The normalized spacial score (nSPS) is 14.9. The number of carbonyl (C=O) groups excluding carboxylic acids is 3. The number of amides is 3. The summed E-state index contributed by atoms with van der Waals surface area (Å²) in [5, 5.41) is 3.14. The summed E-state index contributed by atoms with van der Waals surface area (Å²) in [6.07, 6.45) is 3.71. The SMILES string of the molecule is CON(C)C(=O)/C=C/C(=O)NC(=O)C1CC1. The van der Waals surface area contributed by atoms with Crippen molar-refractivity contribution >= 4 is 17.7 Å². The number of hydrogen-bond acceptors (Lipinski definition) is 4. The Morgan fingerprint density at radius 1 is 1.31 bits per heavy atom. The molecular formula is C10H14N2O4. The lowest BCUT2D eigenvalue weighted by molar-refractivity contribution is -0.162. The van der Waals surface area contributed by atoms with E-state index in [1.165, 1.54) is 14.2 Å². The highest BCUT2D eigenvalue weighted by molar-refractivity contribution is 6.04. The van der Waals surface area contributed by atoms with Gasteiger partial charge in [0.1, 0.15) is 0 Å². The first kappa shape index (κ1) is 12.4. The molecule has 1 rings (SSSR count). The second-order valence-electron chi connectivity index (χ2n) is 3.48. The van der Waals surface area contributed by atoms with Crippen molar-refractivity contribution < 1.29 is 19.2 Å². The van der Waals surface area contributed by atoms with Crippen LogP contribution in [0.1, 0.15) is 12.8 Å². The fourth-order valence-electron chi connectivity index (χ4n) is 0.953. The van der Waals surface area contributed by atoms with Gasteiger partial charge in [-0.25, -0.2) is 5.06 Å². The first-order chi connectivity index (χ1) is 7.54. The van der Waals surface area contributed by atoms with Crippen LogP contribution in [0.15, 0.2) is 12.2 Å². The zero-order chi connectivity index (χ0) is 12.1. The molecule has 0 atom stereocenters. The molecule has 0 spiro atoms. The summed E-state index contributed by atoms with van der Waals surface area (Å²) in [4.78, 5) is 38.1. The zero-order valence-corrected chi connectivity index (χ0v) is 9.23. The number of imide groups is 1. The summed E-state index contributed by atoms with van der Waals surface area (Å²) >= 11 is 0. The molecule has 0 saturated heterocycles. The molecule has 6 nitrogen and oxygen atoms in total. The van der Waals surface area contributed by atoms with Gasteiger partial charge in [0.15, 0.2) is 0 Å². The third-order valence-electron chi connectivity index (χ3n) is 2.16. The average molecular weight is 226 g/mol. The fourth-order valence-corrected chi connectivity index (χ4v) is 0.953. The number of hydrogen-bond donors (Lipinski definition) is 1. The van der Waals surface area contributed by atoms with Crippen molar-refractivity contribution in [2.45, 2.75) is 12.8 Å². The molecule has 0 unspecified atom stereocenters. The predicted octanol–water partition coefficient (Wildman–Crippen LogP) is -0.385. The Morgan fingerprint density at radius 3 is 2.44 bits per heavy atom. The molecule has 0 bridgehead atoms. The maximum absolute atomic E-state index is 11.2. The standard InChI is InChI=1S/C10H14N2O4/c1-12(16-2)9(14)6-5-8(13)11-10(15)7-3-4-7/h5-7H,3-4H2,1-2H3,(H,11,13,15)/b6-5+. The van der Waals surface area contributed by atoms with Crippen molar-refractivity contribution in [2.75, 3.05) is 14.2 Å². The highest BCUT2D eigenvalue weighted by atomic mass is 16.7. The third-order valence-corrected chi connectivity index (χ3v) is 2.16. The largest absolute Gasteiger partial charge is 0.293 e. The van der Waals surface area contributed by atoms with Crippen molar-refractivity contribution in [1.29, 1.82) is 0 Å². The molecule has 0 aromatic rings. The summed E-state index contributed by atoms with van der Waals surface area (Å²) in [5.41, 5.74) is 0. The van der Waals surface area contributed by atoms with Crippen LogP contribution in [0.25, 0.3) is 0 Å². The Hall–Kier alpha value is -1.69. The van der Waals surface area contributed by atoms with E-state index in [4.69, 9.17) is 0 Å². The fraction of sp³-hybridized carbons (Fsp3) is 0.500. The van der Waals surface area contributed by atoms with Gasteiger partial charge in [0.05, 0.1) is 7.11 Å². The molecule has 0 aromatic heterocycles. The Bertz CT molecular complexity index is 334. The van der Waals surface area contributed by atoms with E-state index in [1.54, 1.807) is 0 Å². The third kappa shape index (κ3) is 3.82. The van der Waals surface area contributed by atoms with E-state index in [1.807, 2.05) is 0 Å². The van der Waals surface area contributed by atoms with E-state index in [-0.39, 0.29) is 11.8 Å². The van der Waals surface area contributed by atoms with Gasteiger partial charge < -0.3 is 0 Å². The second kappa shape index (κ2) is 5.41. The van der Waals surface area contributed by atoms with Crippen LogP contribution in [0.4, 0.5) is 0 Å². The number of rotatable bonds is 4. The summed E-state index contributed by atoms with van der Waals surface area (Å²) in [7, 11) is 2.75. The topological polar surface area (TPSA) is 75.7 Å². The van der Waals surface area contributed by atoms with Gasteiger partial charge in [-0.2, -0.15) is 0 Å². The lowest BCUT2D eigenvalue weighted by Gasteiger charge is -2.09. The quantitative estimate of drug-likeness (QED) is 0.523. The zero-order valence-electron chi connectivity index (χ0n) is 9.23. The van der Waals surface area contributed by atoms with Gasteiger partial charge in [0.2, 0.25) is 5.91 Å². The Kier molecular flexibility index (Phi) is 4.19. The lowest BCUT2D eigenvalue weighted by Crippen LogP contribution is -2.30. The van der Waals surface area contributed by atoms with Crippen molar-refractivity contribution in [3.8, 4) is 0 Å². The highest BCUT2D eigenvalue weighted by Gasteiger charge is 2.30. The Morgan fingerprint density at radius 2 is 1.94 bits per heavy atom. The molecule has 6 heteroatoms. The van der Waals surface area contributed by atoms with Crippen molar-refractivity contribution in [1.82, 2.24) is 10.4 Å². The van der Waals surface area contributed by atoms with Crippen LogP contribution in [-0.2, 0) is 19.2 Å². The number of likely N-dealkylation sites (N-methyl/N-ethyl adjacent to an activating group) is 1. The van der Waals surface area contributed by atoms with E-state index in [2.05, 4.69) is 10.2 Å². The first-order valence-corrected chi connectivity index (χ1v) is 4.89. The van der Waals surface area contributed by atoms with Gasteiger partial charge in [-0.15, -0.1) is 0 Å². The Labute approximate surface area is 93.2 Å². The maximum atomic E-state index is 11.2. The lowest BCUT2D eigenvalue weighted by atomic mass is 10.3. The van der Waals surface area contributed by atoms with Crippen molar-refractivity contribution in [3.63, 3.8) is 0 Å². The summed E-state index contributed by atoms with van der Waals surface area (Å²) in [5.74, 6) is -1.37. The molecule has 0 aliphatic heterocycles. The van der Waals surface area contributed by atoms with Crippen LogP contribution in [0.3, 0.4) is 0 Å². The minimum absolute atomic E-state index is 0.0327. The van der Waals surface area contributed by atoms with E-state index >= 15 is 0 Å². The van der Waals surface area contributed by atoms with Gasteiger partial charge in [0.25, 0.3) is 11.8 Å². The van der Waals surface area contributed by atoms with Crippen LogP contribution in [-0.4, -0.2) is 36.9 Å². The number of nitrogens with zero attached hydrogens (tertiary/aromatic N) is 1. The Balaban J connectivity index is 2.35. The molecule has 0 radical (unpaired) electrons. The van der Waals surface area contributed by atoms with Crippen molar-refractivity contribution in [3.05, 3.63) is 12.2 Å². The van der Waals surface area contributed by atoms with E-state index in [0.717, 1.165) is 30.1 Å². The van der Waals surface area contributed by atoms with Crippen LogP contribution >= 0.6 is 0 Å². The van der Waals surface area contributed by atoms with Gasteiger partial charge in [-0.1, -0.05) is 0 Å². The average Bonchev–Trinajstić information content (AvgIpc) is 3.08. The molecule has 1 saturated carbocycles. The molecule has 3 amide bonds. The van der Waals surface area contributed by atoms with Gasteiger partial charge >= 0.3 is 0 Å². The minimum atomic E-state index is -0.588. The number of carbonyl (C=O) groups is 3. The highest BCUT2D eigenvalue weighted by Crippen LogP contribution is 2.28. The molecule has 0 heterocycles. The monoisotopic (exact) mass is 226 g/mol. The molecule has 1 fully saturated rings. The molecular weight excluding hydrogens is 212 g/mol. The van der Waals surface area contributed by atoms with E-state index < -0.39 is 11.8 Å². The second-order valence-corrected chi connectivity index (χ2v) is 3.48. The summed E-state index contributed by atoms with van der Waals surface area (Å²) in [6.45, 7) is 0. The first-order valence-electron chi connectivity index (χ1n) is 4.89. The molecule has 0 aromatic carbocycles. The number of nitrogens with one attached hydrogen (secondary N) is 1. The van der Waals surface area contributed by atoms with Gasteiger partial charge in [-0.05, 0) is 12.8 Å². The summed E-state index contributed by atoms with van der Waals surface area (Å²) < 4.78 is 0. The molecule has 1 aliphatic carbocycles. The predicted molar refractivity (Wildman–Crippen MR) is 54.8 cm³/mol. The molecule has 16 heavy (non-hydrogen) atoms. The van der Waals surface area contributed by atoms with E-state index in [9.17, 15) is 14.4 Å². The summed E-state index contributed by atoms with van der Waals surface area (Å²) in [6, 6.07) is 0. The maximum Gasteiger partial charge on any atom is 0.270 e. The van der Waals surface area contributed by atoms with Crippen LogP contribution in [0.5, 0.6) is 0 Å². The van der Waals surface area contributed by atoms with E-state index in [0.29, 0.717) is 0 Å². The minimum Gasteiger partial charge on any atom is -0.293 e. The van der Waals surface area contributed by atoms with Crippen molar-refractivity contribution in [2.24, 2.45) is 5.92 Å². The van der Waals surface area contributed by atoms with Crippen LogP contribution in [0.2, 0.25) is 0 Å². The molecule has 1 N–H and O–H groups in total. The van der Waals surface area contributed by atoms with Gasteiger partial charge in [0, 0.05) is 25.1 Å². The van der Waals surface area contributed by atoms with Crippen LogP contribution in [0, 0.1) is 5.92 Å². The molecule has 88 valence electrons.